The van der Waals surface area contributed by atoms with Gasteiger partial charge in [0.2, 0.25) is 5.91 Å². The van der Waals surface area contributed by atoms with E-state index in [0.29, 0.717) is 12.3 Å². The molecule has 1 fully saturated rings. The summed E-state index contributed by atoms with van der Waals surface area (Å²) in [5, 5.41) is 3.23. The molecule has 1 atom stereocenters. The van der Waals surface area contributed by atoms with E-state index >= 15 is 0 Å². The smallest absolute Gasteiger partial charge is 0.226 e. The summed E-state index contributed by atoms with van der Waals surface area (Å²) < 4.78 is 18.7. The summed E-state index contributed by atoms with van der Waals surface area (Å²) in [5.41, 5.74) is 1.86. The molecule has 4 rings (SSSR count). The lowest BCUT2D eigenvalue weighted by Gasteiger charge is -2.32. The van der Waals surface area contributed by atoms with Crippen molar-refractivity contribution in [2.75, 3.05) is 25.0 Å². The van der Waals surface area contributed by atoms with Crippen LogP contribution in [-0.2, 0) is 4.79 Å². The molecule has 1 aliphatic rings. The second-order valence-electron chi connectivity index (χ2n) is 7.55. The highest BCUT2D eigenvalue weighted by Gasteiger charge is 2.25. The molecular formula is C24H25FN4O2. The van der Waals surface area contributed by atoms with Gasteiger partial charge in [-0.15, -0.1) is 0 Å². The number of nitrogens with one attached hydrogen (secondary N) is 1. The number of piperidine rings is 1. The van der Waals surface area contributed by atoms with E-state index in [4.69, 9.17) is 4.74 Å². The van der Waals surface area contributed by atoms with Crippen LogP contribution >= 0.6 is 0 Å². The minimum absolute atomic E-state index is 0.0505. The molecule has 1 aliphatic heterocycles. The van der Waals surface area contributed by atoms with Crippen LogP contribution in [0.1, 0.15) is 30.9 Å². The Morgan fingerprint density at radius 3 is 2.87 bits per heavy atom. The number of hydrogen-bond acceptors (Lipinski definition) is 5. The van der Waals surface area contributed by atoms with Gasteiger partial charge in [0.05, 0.1) is 24.9 Å². The topological polar surface area (TPSA) is 67.3 Å². The van der Waals surface area contributed by atoms with Crippen LogP contribution in [0.2, 0.25) is 0 Å². The van der Waals surface area contributed by atoms with E-state index in [1.165, 1.54) is 12.1 Å². The molecule has 0 spiro atoms. The lowest BCUT2D eigenvalue weighted by atomic mass is 9.94. The molecule has 1 unspecified atom stereocenters. The monoisotopic (exact) mass is 420 g/mol. The molecule has 3 heterocycles. The maximum absolute atomic E-state index is 13.2. The fourth-order valence-electron chi connectivity index (χ4n) is 3.72. The fourth-order valence-corrected chi connectivity index (χ4v) is 3.72. The largest absolute Gasteiger partial charge is 0.493 e. The molecule has 2 aromatic heterocycles. The summed E-state index contributed by atoms with van der Waals surface area (Å²) in [4.78, 5) is 23.4. The van der Waals surface area contributed by atoms with Gasteiger partial charge < -0.3 is 15.0 Å². The zero-order valence-electron chi connectivity index (χ0n) is 17.2. The van der Waals surface area contributed by atoms with E-state index in [2.05, 4.69) is 15.3 Å². The standard InChI is InChI=1S/C24H25FN4O2/c25-19-6-3-7-21(15-19)31-14-11-24(30)29-13-4-5-18(17-29)22-10-9-20(16-27-22)28-23-8-1-2-12-26-23/h1-3,6-10,12,15-16,18H,4-5,11,13-14,17H2,(H,26,28). The Labute approximate surface area is 181 Å². The predicted molar refractivity (Wildman–Crippen MR) is 117 cm³/mol. The Hall–Kier alpha value is -3.48. The molecule has 31 heavy (non-hydrogen) atoms. The number of aromatic nitrogens is 2. The molecular weight excluding hydrogens is 395 g/mol. The van der Waals surface area contributed by atoms with E-state index in [-0.39, 0.29) is 30.7 Å². The zero-order valence-corrected chi connectivity index (χ0v) is 17.2. The predicted octanol–water partition coefficient (Wildman–Crippen LogP) is 4.53. The summed E-state index contributed by atoms with van der Waals surface area (Å²) >= 11 is 0. The van der Waals surface area contributed by atoms with Gasteiger partial charge in [-0.2, -0.15) is 0 Å². The second kappa shape index (κ2) is 10.0. The van der Waals surface area contributed by atoms with Crippen molar-refractivity contribution in [2.45, 2.75) is 25.2 Å². The molecule has 3 aromatic rings. The van der Waals surface area contributed by atoms with Gasteiger partial charge in [0, 0.05) is 37.0 Å². The van der Waals surface area contributed by atoms with Crippen molar-refractivity contribution in [3.63, 3.8) is 0 Å². The van der Waals surface area contributed by atoms with Crippen molar-refractivity contribution in [3.05, 3.63) is 78.5 Å². The summed E-state index contributed by atoms with van der Waals surface area (Å²) in [6, 6.07) is 15.7. The quantitative estimate of drug-likeness (QED) is 0.608. The van der Waals surface area contributed by atoms with E-state index in [1.54, 1.807) is 24.5 Å². The van der Waals surface area contributed by atoms with Crippen LogP contribution in [0, 0.1) is 5.82 Å². The van der Waals surface area contributed by atoms with Gasteiger partial charge in [-0.1, -0.05) is 12.1 Å². The first-order valence-electron chi connectivity index (χ1n) is 10.5. The SMILES string of the molecule is O=C(CCOc1cccc(F)c1)N1CCCC(c2ccc(Nc3ccccn3)cn2)C1. The van der Waals surface area contributed by atoms with Crippen molar-refractivity contribution >= 4 is 17.4 Å². The Kier molecular flexibility index (Phi) is 6.72. The second-order valence-corrected chi connectivity index (χ2v) is 7.55. The van der Waals surface area contributed by atoms with E-state index in [9.17, 15) is 9.18 Å². The third-order valence-electron chi connectivity index (χ3n) is 5.30. The van der Waals surface area contributed by atoms with E-state index in [1.807, 2.05) is 35.2 Å². The van der Waals surface area contributed by atoms with Crippen LogP contribution in [0.25, 0.3) is 0 Å². The fraction of sp³-hybridized carbons (Fsp3) is 0.292. The molecule has 0 bridgehead atoms. The Bertz CT molecular complexity index is 998. The van der Waals surface area contributed by atoms with Crippen molar-refractivity contribution < 1.29 is 13.9 Å². The van der Waals surface area contributed by atoms with E-state index in [0.717, 1.165) is 36.6 Å². The van der Waals surface area contributed by atoms with Crippen LogP contribution < -0.4 is 10.1 Å². The van der Waals surface area contributed by atoms with Crippen LogP contribution in [-0.4, -0.2) is 40.5 Å². The maximum atomic E-state index is 13.2. The minimum Gasteiger partial charge on any atom is -0.493 e. The number of likely N-dealkylation sites (tertiary alicyclic amines) is 1. The molecule has 1 saturated heterocycles. The Morgan fingerprint density at radius 1 is 1.16 bits per heavy atom. The molecule has 0 aliphatic carbocycles. The highest BCUT2D eigenvalue weighted by molar-refractivity contribution is 5.76. The van der Waals surface area contributed by atoms with Crippen LogP contribution in [0.5, 0.6) is 5.75 Å². The normalized spacial score (nSPS) is 16.0. The number of nitrogens with zero attached hydrogens (tertiary/aromatic N) is 3. The van der Waals surface area contributed by atoms with Crippen molar-refractivity contribution in [2.24, 2.45) is 0 Å². The Balaban J connectivity index is 1.29. The molecule has 1 aromatic carbocycles. The maximum Gasteiger partial charge on any atom is 0.226 e. The van der Waals surface area contributed by atoms with Gasteiger partial charge in [0.15, 0.2) is 0 Å². The average molecular weight is 420 g/mol. The molecule has 0 saturated carbocycles. The highest BCUT2D eigenvalue weighted by Crippen LogP contribution is 2.27. The number of anilines is 2. The first-order chi connectivity index (χ1) is 15.2. The number of benzene rings is 1. The third kappa shape index (κ3) is 5.78. The lowest BCUT2D eigenvalue weighted by molar-refractivity contribution is -0.132. The first kappa shape index (κ1) is 20.8. The number of rotatable bonds is 7. The van der Waals surface area contributed by atoms with Gasteiger partial charge in [-0.3, -0.25) is 9.78 Å². The number of carbonyl (C=O) groups is 1. The van der Waals surface area contributed by atoms with Gasteiger partial charge in [0.1, 0.15) is 17.4 Å². The van der Waals surface area contributed by atoms with E-state index < -0.39 is 0 Å². The minimum atomic E-state index is -0.351. The number of halogens is 1. The number of carbonyl (C=O) groups excluding carboxylic acids is 1. The van der Waals surface area contributed by atoms with Gasteiger partial charge in [0.25, 0.3) is 0 Å². The van der Waals surface area contributed by atoms with Crippen LogP contribution in [0.15, 0.2) is 67.0 Å². The summed E-state index contributed by atoms with van der Waals surface area (Å²) in [7, 11) is 0. The third-order valence-corrected chi connectivity index (χ3v) is 5.30. The van der Waals surface area contributed by atoms with Gasteiger partial charge in [-0.25, -0.2) is 9.37 Å². The highest BCUT2D eigenvalue weighted by atomic mass is 19.1. The molecule has 6 nitrogen and oxygen atoms in total. The summed E-state index contributed by atoms with van der Waals surface area (Å²) in [6.07, 6.45) is 5.75. The number of ether oxygens (including phenoxy) is 1. The van der Waals surface area contributed by atoms with Crippen molar-refractivity contribution in [1.82, 2.24) is 14.9 Å². The van der Waals surface area contributed by atoms with Gasteiger partial charge in [-0.05, 0) is 49.2 Å². The van der Waals surface area contributed by atoms with Gasteiger partial charge >= 0.3 is 0 Å². The average Bonchev–Trinajstić information content (AvgIpc) is 2.80. The molecule has 0 radical (unpaired) electrons. The van der Waals surface area contributed by atoms with Crippen LogP contribution in [0.4, 0.5) is 15.9 Å². The number of hydrogen-bond donors (Lipinski definition) is 1. The molecule has 1 amide bonds. The molecule has 1 N–H and O–H groups in total. The Morgan fingerprint density at radius 2 is 2.10 bits per heavy atom. The van der Waals surface area contributed by atoms with Crippen molar-refractivity contribution in [3.8, 4) is 5.75 Å². The number of pyridine rings is 2. The molecule has 7 heteroatoms. The van der Waals surface area contributed by atoms with Crippen molar-refractivity contribution in [1.29, 1.82) is 0 Å². The van der Waals surface area contributed by atoms with Crippen LogP contribution in [0.3, 0.4) is 0 Å². The first-order valence-corrected chi connectivity index (χ1v) is 10.5. The lowest BCUT2D eigenvalue weighted by Crippen LogP contribution is -2.39. The summed E-state index contributed by atoms with van der Waals surface area (Å²) in [5.74, 6) is 1.12. The summed E-state index contributed by atoms with van der Waals surface area (Å²) in [6.45, 7) is 1.63. The molecule has 160 valence electrons. The zero-order chi connectivity index (χ0) is 21.5. The number of amides is 1.